The van der Waals surface area contributed by atoms with Crippen molar-refractivity contribution in [3.63, 3.8) is 0 Å². The largest absolute Gasteiger partial charge is 0.313 e. The Morgan fingerprint density at radius 3 is 2.62 bits per heavy atom. The highest BCUT2D eigenvalue weighted by Gasteiger charge is 2.26. The van der Waals surface area contributed by atoms with E-state index in [-0.39, 0.29) is 10.6 Å². The van der Waals surface area contributed by atoms with Crippen molar-refractivity contribution in [2.75, 3.05) is 0 Å². The molecule has 0 radical (unpaired) electrons. The summed E-state index contributed by atoms with van der Waals surface area (Å²) >= 11 is 3.40. The van der Waals surface area contributed by atoms with E-state index in [2.05, 4.69) is 27.1 Å². The van der Waals surface area contributed by atoms with Gasteiger partial charge in [0.05, 0.1) is 22.2 Å². The van der Waals surface area contributed by atoms with E-state index in [0.29, 0.717) is 40.0 Å². The van der Waals surface area contributed by atoms with Crippen molar-refractivity contribution in [1.82, 2.24) is 9.78 Å². The van der Waals surface area contributed by atoms with Crippen molar-refractivity contribution in [1.29, 1.82) is 5.26 Å². The van der Waals surface area contributed by atoms with Crippen molar-refractivity contribution in [2.45, 2.75) is 26.7 Å². The highest BCUT2D eigenvalue weighted by molar-refractivity contribution is 9.10. The molecule has 7 heteroatoms. The molecule has 21 heavy (non-hydrogen) atoms. The quantitative estimate of drug-likeness (QED) is 0.624. The Labute approximate surface area is 130 Å². The summed E-state index contributed by atoms with van der Waals surface area (Å²) in [6, 6.07) is 7.13. The van der Waals surface area contributed by atoms with Gasteiger partial charge in [0.2, 0.25) is 0 Å². The van der Waals surface area contributed by atoms with Gasteiger partial charge in [-0.2, -0.15) is 10.4 Å². The van der Waals surface area contributed by atoms with Crippen molar-refractivity contribution in [3.05, 3.63) is 49.7 Å². The molecule has 1 aromatic carbocycles. The van der Waals surface area contributed by atoms with Crippen LogP contribution in [0, 0.1) is 21.4 Å². The van der Waals surface area contributed by atoms with Crippen LogP contribution in [-0.4, -0.2) is 14.7 Å². The Bertz CT molecular complexity index is 746. The fourth-order valence-electron chi connectivity index (χ4n) is 2.21. The van der Waals surface area contributed by atoms with E-state index >= 15 is 0 Å². The Hall–Kier alpha value is -2.20. The first kappa shape index (κ1) is 15.2. The van der Waals surface area contributed by atoms with Gasteiger partial charge < -0.3 is 0 Å². The molecule has 0 saturated carbocycles. The van der Waals surface area contributed by atoms with Crippen LogP contribution in [0.25, 0.3) is 5.69 Å². The molecule has 0 bridgehead atoms. The number of nitrogens with zero attached hydrogens (tertiary/aromatic N) is 4. The van der Waals surface area contributed by atoms with Crippen LogP contribution in [0.4, 0.5) is 5.69 Å². The second kappa shape index (κ2) is 6.06. The van der Waals surface area contributed by atoms with Crippen LogP contribution in [0.5, 0.6) is 0 Å². The van der Waals surface area contributed by atoms with Crippen molar-refractivity contribution >= 4 is 21.6 Å². The van der Waals surface area contributed by atoms with E-state index in [1.165, 1.54) is 0 Å². The monoisotopic (exact) mass is 348 g/mol. The van der Waals surface area contributed by atoms with Gasteiger partial charge in [-0.05, 0) is 47.0 Å². The molecule has 0 spiro atoms. The number of rotatable bonds is 4. The van der Waals surface area contributed by atoms with Gasteiger partial charge in [-0.25, -0.2) is 4.68 Å². The molecule has 0 N–H and O–H groups in total. The van der Waals surface area contributed by atoms with Crippen LogP contribution in [-0.2, 0) is 12.8 Å². The molecular weight excluding hydrogens is 336 g/mol. The SMILES string of the molecule is CCc1nn(-c2ccc(C#N)cc2Br)c(CC)c1[N+](=O)[O-]. The molecule has 2 rings (SSSR count). The second-order valence-corrected chi connectivity index (χ2v) is 5.25. The summed E-state index contributed by atoms with van der Waals surface area (Å²) in [5.41, 5.74) is 2.31. The zero-order chi connectivity index (χ0) is 15.6. The van der Waals surface area contributed by atoms with Gasteiger partial charge in [0, 0.05) is 4.47 Å². The van der Waals surface area contributed by atoms with Gasteiger partial charge in [-0.1, -0.05) is 13.8 Å². The van der Waals surface area contributed by atoms with Crippen molar-refractivity contribution < 1.29 is 4.92 Å². The Morgan fingerprint density at radius 1 is 1.43 bits per heavy atom. The fourth-order valence-corrected chi connectivity index (χ4v) is 2.76. The molecule has 0 aliphatic rings. The number of aryl methyl sites for hydroxylation is 1. The summed E-state index contributed by atoms with van der Waals surface area (Å²) in [5.74, 6) is 0. The first-order valence-corrected chi connectivity index (χ1v) is 7.27. The van der Waals surface area contributed by atoms with Crippen molar-refractivity contribution in [3.8, 4) is 11.8 Å². The molecule has 2 aromatic rings. The average molecular weight is 349 g/mol. The van der Waals surface area contributed by atoms with Crippen LogP contribution < -0.4 is 0 Å². The molecule has 0 saturated heterocycles. The molecule has 0 atom stereocenters. The second-order valence-electron chi connectivity index (χ2n) is 4.40. The van der Waals surface area contributed by atoms with Gasteiger partial charge in [0.25, 0.3) is 0 Å². The summed E-state index contributed by atoms with van der Waals surface area (Å²) in [5, 5.41) is 24.6. The van der Waals surface area contributed by atoms with E-state index in [0.717, 1.165) is 0 Å². The minimum absolute atomic E-state index is 0.0799. The van der Waals surface area contributed by atoms with E-state index in [1.807, 2.05) is 13.8 Å². The topological polar surface area (TPSA) is 84.8 Å². The number of halogens is 1. The normalized spacial score (nSPS) is 10.4. The van der Waals surface area contributed by atoms with Gasteiger partial charge in [-0.15, -0.1) is 0 Å². The van der Waals surface area contributed by atoms with Crippen LogP contribution in [0.15, 0.2) is 22.7 Å². The average Bonchev–Trinajstić information content (AvgIpc) is 2.85. The number of nitro groups is 1. The Kier molecular flexibility index (Phi) is 4.38. The third-order valence-corrected chi connectivity index (χ3v) is 3.82. The molecular formula is C14H13BrN4O2. The molecule has 1 heterocycles. The van der Waals surface area contributed by atoms with E-state index in [9.17, 15) is 10.1 Å². The maximum Gasteiger partial charge on any atom is 0.313 e. The lowest BCUT2D eigenvalue weighted by Crippen LogP contribution is -2.03. The van der Waals surface area contributed by atoms with Crippen LogP contribution >= 0.6 is 15.9 Å². The standard InChI is InChI=1S/C14H13BrN4O2/c1-3-11-14(19(20)21)12(4-2)18(17-11)13-6-5-9(8-16)7-10(13)15/h5-7H,3-4H2,1-2H3. The number of aromatic nitrogens is 2. The van der Waals surface area contributed by atoms with Crippen LogP contribution in [0.1, 0.15) is 30.8 Å². The Balaban J connectivity index is 2.70. The fraction of sp³-hybridized carbons (Fsp3) is 0.286. The third kappa shape index (κ3) is 2.67. The summed E-state index contributed by atoms with van der Waals surface area (Å²) in [4.78, 5) is 10.9. The number of benzene rings is 1. The van der Waals surface area contributed by atoms with Gasteiger partial charge in [0.15, 0.2) is 0 Å². The molecule has 0 unspecified atom stereocenters. The minimum Gasteiger partial charge on any atom is -0.258 e. The maximum atomic E-state index is 11.3. The highest BCUT2D eigenvalue weighted by Crippen LogP contribution is 2.30. The Morgan fingerprint density at radius 2 is 2.14 bits per heavy atom. The molecule has 0 aliphatic heterocycles. The van der Waals surface area contributed by atoms with E-state index < -0.39 is 0 Å². The lowest BCUT2D eigenvalue weighted by molar-refractivity contribution is -0.386. The minimum atomic E-state index is -0.376. The van der Waals surface area contributed by atoms with E-state index in [1.54, 1.807) is 22.9 Å². The molecule has 0 aliphatic carbocycles. The number of hydrogen-bond acceptors (Lipinski definition) is 4. The predicted octanol–water partition coefficient (Wildman–Crippen LogP) is 3.54. The lowest BCUT2D eigenvalue weighted by atomic mass is 10.2. The molecule has 0 fully saturated rings. The van der Waals surface area contributed by atoms with Gasteiger partial charge >= 0.3 is 5.69 Å². The lowest BCUT2D eigenvalue weighted by Gasteiger charge is -2.07. The maximum absolute atomic E-state index is 11.3. The summed E-state index contributed by atoms with van der Waals surface area (Å²) in [6.45, 7) is 3.70. The third-order valence-electron chi connectivity index (χ3n) is 3.18. The van der Waals surface area contributed by atoms with Gasteiger partial charge in [0.1, 0.15) is 11.4 Å². The van der Waals surface area contributed by atoms with Crippen LogP contribution in [0.3, 0.4) is 0 Å². The number of nitriles is 1. The smallest absolute Gasteiger partial charge is 0.258 e. The summed E-state index contributed by atoms with van der Waals surface area (Å²) in [7, 11) is 0. The molecule has 0 amide bonds. The zero-order valence-electron chi connectivity index (χ0n) is 11.6. The molecule has 6 nitrogen and oxygen atoms in total. The molecule has 1 aromatic heterocycles. The molecule has 108 valence electrons. The summed E-state index contributed by atoms with van der Waals surface area (Å²) < 4.78 is 2.26. The van der Waals surface area contributed by atoms with E-state index in [4.69, 9.17) is 5.26 Å². The number of hydrogen-bond donors (Lipinski definition) is 0. The van der Waals surface area contributed by atoms with Gasteiger partial charge in [-0.3, -0.25) is 10.1 Å². The predicted molar refractivity (Wildman–Crippen MR) is 81.4 cm³/mol. The zero-order valence-corrected chi connectivity index (χ0v) is 13.2. The summed E-state index contributed by atoms with van der Waals surface area (Å²) in [6.07, 6.45) is 0.986. The first-order chi connectivity index (χ1) is 10.0. The van der Waals surface area contributed by atoms with Crippen LogP contribution in [0.2, 0.25) is 0 Å². The highest BCUT2D eigenvalue weighted by atomic mass is 79.9. The van der Waals surface area contributed by atoms with Crippen molar-refractivity contribution in [2.24, 2.45) is 0 Å². The first-order valence-electron chi connectivity index (χ1n) is 6.48.